The fourth-order valence-corrected chi connectivity index (χ4v) is 4.48. The third-order valence-corrected chi connectivity index (χ3v) is 6.13. The minimum Gasteiger partial charge on any atom is -0.293 e. The van der Waals surface area contributed by atoms with E-state index in [2.05, 4.69) is 43.1 Å². The molecule has 190 valence electrons. The van der Waals surface area contributed by atoms with Gasteiger partial charge in [-0.3, -0.25) is 14.5 Å². The maximum Gasteiger partial charge on any atom is 0.179 e. The lowest BCUT2D eigenvalue weighted by atomic mass is 10.0. The van der Waals surface area contributed by atoms with E-state index in [4.69, 9.17) is 9.97 Å². The van der Waals surface area contributed by atoms with Gasteiger partial charge in [-0.25, -0.2) is 19.3 Å². The molecule has 0 radical (unpaired) electrons. The first-order valence-electron chi connectivity index (χ1n) is 12.2. The first kappa shape index (κ1) is 24.8. The molecule has 4 aromatic heterocycles. The molecule has 9 heteroatoms. The molecular weight excluding hydrogens is 478 g/mol. The van der Waals surface area contributed by atoms with Crippen LogP contribution in [0, 0.1) is 20.8 Å². The Kier molecular flexibility index (Phi) is 6.42. The number of pyridine rings is 2. The van der Waals surface area contributed by atoms with Crippen molar-refractivity contribution in [1.29, 1.82) is 0 Å². The van der Waals surface area contributed by atoms with Crippen molar-refractivity contribution in [2.24, 2.45) is 0 Å². The normalized spacial score (nSPS) is 11.0. The Morgan fingerprint density at radius 3 is 1.53 bits per heavy atom. The molecule has 0 bridgehead atoms. The zero-order valence-corrected chi connectivity index (χ0v) is 21.9. The monoisotopic (exact) mass is 505 g/mol. The molecule has 0 aliphatic rings. The summed E-state index contributed by atoms with van der Waals surface area (Å²) in [5.41, 5.74) is 5.00. The first-order chi connectivity index (χ1) is 18.2. The Labute approximate surface area is 220 Å². The Morgan fingerprint density at radius 1 is 0.684 bits per heavy atom. The lowest BCUT2D eigenvalue weighted by Crippen LogP contribution is -2.17. The van der Waals surface area contributed by atoms with Crippen molar-refractivity contribution in [3.8, 4) is 11.6 Å². The van der Waals surface area contributed by atoms with E-state index in [1.54, 1.807) is 33.9 Å². The van der Waals surface area contributed by atoms with Crippen LogP contribution < -0.4 is 4.90 Å². The fourth-order valence-electron chi connectivity index (χ4n) is 4.48. The average molecular weight is 506 g/mol. The van der Waals surface area contributed by atoms with E-state index < -0.39 is 0 Å². The summed E-state index contributed by atoms with van der Waals surface area (Å²) in [5, 5.41) is 8.75. The minimum absolute atomic E-state index is 0.111. The van der Waals surface area contributed by atoms with Gasteiger partial charge in [-0.15, -0.1) is 0 Å². The van der Waals surface area contributed by atoms with Gasteiger partial charge < -0.3 is 0 Å². The SMILES string of the molecule is CC(=O)c1ccn(-c2cccc(N(c3cccc(-n4ccc(C(C)=O)n4)n3)c3c(C)cc(C)cc3C)n2)n1. The van der Waals surface area contributed by atoms with Gasteiger partial charge in [-0.05, 0) is 68.3 Å². The van der Waals surface area contributed by atoms with Crippen LogP contribution in [0.4, 0.5) is 17.3 Å². The zero-order chi connectivity index (χ0) is 27.0. The number of aromatic nitrogens is 6. The van der Waals surface area contributed by atoms with Crippen LogP contribution in [0.1, 0.15) is 51.5 Å². The van der Waals surface area contributed by atoms with Gasteiger partial charge in [0, 0.05) is 26.2 Å². The van der Waals surface area contributed by atoms with E-state index in [1.807, 2.05) is 41.3 Å². The summed E-state index contributed by atoms with van der Waals surface area (Å²) in [4.78, 5) is 35.4. The Balaban J connectivity index is 1.67. The summed E-state index contributed by atoms with van der Waals surface area (Å²) in [5.74, 6) is 2.17. The van der Waals surface area contributed by atoms with Crippen LogP contribution >= 0.6 is 0 Å². The molecule has 1 aromatic carbocycles. The molecule has 0 saturated carbocycles. The molecule has 0 unspecified atom stereocenters. The third-order valence-electron chi connectivity index (χ3n) is 6.13. The number of anilines is 3. The van der Waals surface area contributed by atoms with Crippen LogP contribution in [0.3, 0.4) is 0 Å². The average Bonchev–Trinajstić information content (AvgIpc) is 3.57. The predicted molar refractivity (Wildman–Crippen MR) is 145 cm³/mol. The van der Waals surface area contributed by atoms with Crippen molar-refractivity contribution in [2.75, 3.05) is 4.90 Å². The number of aryl methyl sites for hydroxylation is 3. The number of carbonyl (C=O) groups is 2. The number of benzene rings is 1. The number of rotatable bonds is 7. The molecule has 0 N–H and O–H groups in total. The van der Waals surface area contributed by atoms with Crippen LogP contribution in [0.2, 0.25) is 0 Å². The number of nitrogens with zero attached hydrogens (tertiary/aromatic N) is 7. The summed E-state index contributed by atoms with van der Waals surface area (Å²) in [7, 11) is 0. The molecule has 4 heterocycles. The minimum atomic E-state index is -0.111. The van der Waals surface area contributed by atoms with E-state index in [9.17, 15) is 9.59 Å². The lowest BCUT2D eigenvalue weighted by molar-refractivity contribution is 0.1000. The maximum absolute atomic E-state index is 11.8. The van der Waals surface area contributed by atoms with Crippen molar-refractivity contribution in [1.82, 2.24) is 29.5 Å². The summed E-state index contributed by atoms with van der Waals surface area (Å²) in [6.45, 7) is 9.17. The van der Waals surface area contributed by atoms with Crippen LogP contribution in [0.5, 0.6) is 0 Å². The summed E-state index contributed by atoms with van der Waals surface area (Å²) in [6.07, 6.45) is 3.44. The largest absolute Gasteiger partial charge is 0.293 e. The Hall–Kier alpha value is -4.92. The number of ketones is 2. The molecule has 38 heavy (non-hydrogen) atoms. The van der Waals surface area contributed by atoms with Crippen LogP contribution in [-0.2, 0) is 0 Å². The van der Waals surface area contributed by atoms with Gasteiger partial charge in [-0.2, -0.15) is 10.2 Å². The molecular formula is C29H27N7O2. The zero-order valence-electron chi connectivity index (χ0n) is 21.9. The van der Waals surface area contributed by atoms with Gasteiger partial charge in [0.1, 0.15) is 23.0 Å². The number of hydrogen-bond donors (Lipinski definition) is 0. The second-order valence-electron chi connectivity index (χ2n) is 9.19. The van der Waals surface area contributed by atoms with E-state index in [0.29, 0.717) is 34.7 Å². The molecule has 0 fully saturated rings. The molecule has 0 spiro atoms. The standard InChI is InChI=1S/C29H27N7O2/c1-18-16-19(2)29(20(3)17-18)36(27-10-6-8-25(30-27)34-14-12-23(32-34)21(4)37)28-11-7-9-26(31-28)35-15-13-24(33-35)22(5)38/h6-17H,1-5H3. The summed E-state index contributed by atoms with van der Waals surface area (Å²) >= 11 is 0. The van der Waals surface area contributed by atoms with Crippen molar-refractivity contribution in [3.05, 3.63) is 101 Å². The van der Waals surface area contributed by atoms with E-state index in [0.717, 1.165) is 22.4 Å². The fraction of sp³-hybridized carbons (Fsp3) is 0.172. The molecule has 9 nitrogen and oxygen atoms in total. The van der Waals surface area contributed by atoms with Gasteiger partial charge in [0.15, 0.2) is 23.2 Å². The van der Waals surface area contributed by atoms with Crippen LogP contribution in [0.25, 0.3) is 11.6 Å². The summed E-state index contributed by atoms with van der Waals surface area (Å²) in [6, 6.07) is 18.9. The van der Waals surface area contributed by atoms with Gasteiger partial charge in [0.25, 0.3) is 0 Å². The molecule has 0 atom stereocenters. The molecule has 0 aliphatic carbocycles. The highest BCUT2D eigenvalue weighted by Gasteiger charge is 2.21. The Morgan fingerprint density at radius 2 is 1.13 bits per heavy atom. The van der Waals surface area contributed by atoms with Crippen LogP contribution in [0.15, 0.2) is 73.1 Å². The molecule has 0 saturated heterocycles. The van der Waals surface area contributed by atoms with Crippen molar-refractivity contribution in [2.45, 2.75) is 34.6 Å². The van der Waals surface area contributed by atoms with Gasteiger partial charge in [-0.1, -0.05) is 29.8 Å². The van der Waals surface area contributed by atoms with Crippen molar-refractivity contribution in [3.63, 3.8) is 0 Å². The highest BCUT2D eigenvalue weighted by atomic mass is 16.1. The van der Waals surface area contributed by atoms with Crippen molar-refractivity contribution >= 4 is 28.9 Å². The lowest BCUT2D eigenvalue weighted by Gasteiger charge is -2.27. The highest BCUT2D eigenvalue weighted by Crippen LogP contribution is 2.37. The van der Waals surface area contributed by atoms with E-state index in [1.165, 1.54) is 13.8 Å². The van der Waals surface area contributed by atoms with Gasteiger partial charge >= 0.3 is 0 Å². The molecule has 5 rings (SSSR count). The first-order valence-corrected chi connectivity index (χ1v) is 12.2. The number of Topliss-reactive ketones (excluding diaryl/α,β-unsaturated/α-hetero) is 2. The maximum atomic E-state index is 11.8. The second kappa shape index (κ2) is 9.85. The summed E-state index contributed by atoms with van der Waals surface area (Å²) < 4.78 is 3.17. The van der Waals surface area contributed by atoms with Crippen molar-refractivity contribution < 1.29 is 9.59 Å². The quantitative estimate of drug-likeness (QED) is 0.264. The smallest absolute Gasteiger partial charge is 0.179 e. The van der Waals surface area contributed by atoms with E-state index >= 15 is 0 Å². The predicted octanol–water partition coefficient (Wildman–Crippen LogP) is 5.65. The van der Waals surface area contributed by atoms with E-state index in [-0.39, 0.29) is 11.6 Å². The van der Waals surface area contributed by atoms with Crippen LogP contribution in [-0.4, -0.2) is 41.1 Å². The van der Waals surface area contributed by atoms with Gasteiger partial charge in [0.2, 0.25) is 0 Å². The number of carbonyl (C=O) groups excluding carboxylic acids is 2. The molecule has 5 aromatic rings. The molecule has 0 aliphatic heterocycles. The topological polar surface area (TPSA) is 98.8 Å². The second-order valence-corrected chi connectivity index (χ2v) is 9.19. The highest BCUT2D eigenvalue weighted by molar-refractivity contribution is 5.92. The third kappa shape index (κ3) is 4.73. The number of hydrogen-bond acceptors (Lipinski definition) is 7. The van der Waals surface area contributed by atoms with Gasteiger partial charge in [0.05, 0.1) is 5.69 Å². The molecule has 0 amide bonds. The Bertz CT molecular complexity index is 1560.